The molecule has 2 N–H and O–H groups in total. The maximum Gasteiger partial charge on any atom is 0.220 e. The van der Waals surface area contributed by atoms with Crippen LogP contribution in [0.4, 0.5) is 0 Å². The van der Waals surface area contributed by atoms with Gasteiger partial charge in [-0.15, -0.1) is 0 Å². The van der Waals surface area contributed by atoms with E-state index in [0.717, 1.165) is 30.8 Å². The first-order valence-electron chi connectivity index (χ1n) is 9.27. The maximum absolute atomic E-state index is 12.1. The van der Waals surface area contributed by atoms with Crippen molar-refractivity contribution in [3.05, 3.63) is 0 Å². The number of amides is 1. The highest BCUT2D eigenvalue weighted by Gasteiger charge is 2.40. The van der Waals surface area contributed by atoms with Crippen molar-refractivity contribution in [2.24, 2.45) is 23.7 Å². The summed E-state index contributed by atoms with van der Waals surface area (Å²) in [6, 6.07) is 0. The Hall–Kier alpha value is -0.610. The SMILES string of the molecule is CC1CCN(CC(O)CNC(=O)CC2CC3CCC2C3)CC1. The monoisotopic (exact) mass is 308 g/mol. The molecule has 0 aromatic carbocycles. The molecular formula is C18H32N2O2. The molecule has 0 spiro atoms. The minimum atomic E-state index is -0.433. The molecule has 4 nitrogen and oxygen atoms in total. The van der Waals surface area contributed by atoms with Crippen LogP contribution in [0.2, 0.25) is 0 Å². The van der Waals surface area contributed by atoms with Crippen LogP contribution in [-0.4, -0.2) is 48.2 Å². The number of hydrogen-bond acceptors (Lipinski definition) is 3. The summed E-state index contributed by atoms with van der Waals surface area (Å²) in [5, 5.41) is 13.1. The average Bonchev–Trinajstić information content (AvgIpc) is 3.10. The third-order valence-electron chi connectivity index (χ3n) is 6.21. The van der Waals surface area contributed by atoms with Gasteiger partial charge in [-0.3, -0.25) is 4.79 Å². The molecule has 4 atom stereocenters. The second-order valence-corrected chi connectivity index (χ2v) is 8.08. The second kappa shape index (κ2) is 7.31. The first-order valence-corrected chi connectivity index (χ1v) is 9.27. The number of likely N-dealkylation sites (tertiary alicyclic amines) is 1. The van der Waals surface area contributed by atoms with Crippen LogP contribution in [-0.2, 0) is 4.79 Å². The van der Waals surface area contributed by atoms with Gasteiger partial charge in [0.15, 0.2) is 0 Å². The topological polar surface area (TPSA) is 52.6 Å². The molecule has 3 aliphatic rings. The fourth-order valence-corrected chi connectivity index (χ4v) is 4.78. The fraction of sp³-hybridized carbons (Fsp3) is 0.944. The van der Waals surface area contributed by atoms with E-state index in [9.17, 15) is 9.90 Å². The largest absolute Gasteiger partial charge is 0.390 e. The van der Waals surface area contributed by atoms with Crippen molar-refractivity contribution in [2.75, 3.05) is 26.2 Å². The summed E-state index contributed by atoms with van der Waals surface area (Å²) in [5.74, 6) is 3.27. The van der Waals surface area contributed by atoms with Crippen molar-refractivity contribution in [2.45, 2.75) is 58.0 Å². The van der Waals surface area contributed by atoms with E-state index < -0.39 is 6.10 Å². The molecule has 22 heavy (non-hydrogen) atoms. The lowest BCUT2D eigenvalue weighted by atomic mass is 9.86. The van der Waals surface area contributed by atoms with Gasteiger partial charge in [0.05, 0.1) is 6.10 Å². The molecule has 1 heterocycles. The Morgan fingerprint density at radius 1 is 1.23 bits per heavy atom. The van der Waals surface area contributed by atoms with E-state index in [-0.39, 0.29) is 5.91 Å². The van der Waals surface area contributed by atoms with Crippen LogP contribution < -0.4 is 5.32 Å². The number of aliphatic hydroxyl groups is 1. The summed E-state index contributed by atoms with van der Waals surface area (Å²) in [5.41, 5.74) is 0. The Morgan fingerprint density at radius 3 is 2.64 bits per heavy atom. The maximum atomic E-state index is 12.1. The number of nitrogens with zero attached hydrogens (tertiary/aromatic N) is 1. The van der Waals surface area contributed by atoms with Crippen LogP contribution in [0.3, 0.4) is 0 Å². The van der Waals surface area contributed by atoms with Crippen LogP contribution in [0, 0.1) is 23.7 Å². The third kappa shape index (κ3) is 4.23. The summed E-state index contributed by atoms with van der Waals surface area (Å²) in [6.45, 7) is 5.56. The summed E-state index contributed by atoms with van der Waals surface area (Å²) < 4.78 is 0. The van der Waals surface area contributed by atoms with E-state index in [2.05, 4.69) is 17.1 Å². The number of β-amino-alcohol motifs (C(OH)–C–C–N with tert-alkyl or cyclic N) is 1. The van der Waals surface area contributed by atoms with E-state index in [1.807, 2.05) is 0 Å². The van der Waals surface area contributed by atoms with Gasteiger partial charge in [-0.25, -0.2) is 0 Å². The molecule has 2 saturated carbocycles. The molecule has 2 aliphatic carbocycles. The molecule has 1 saturated heterocycles. The van der Waals surface area contributed by atoms with Crippen LogP contribution in [0.15, 0.2) is 0 Å². The minimum Gasteiger partial charge on any atom is -0.390 e. The van der Waals surface area contributed by atoms with Crippen LogP contribution in [0.1, 0.15) is 51.9 Å². The van der Waals surface area contributed by atoms with Crippen LogP contribution >= 0.6 is 0 Å². The lowest BCUT2D eigenvalue weighted by molar-refractivity contribution is -0.122. The highest BCUT2D eigenvalue weighted by atomic mass is 16.3. The van der Waals surface area contributed by atoms with Gasteiger partial charge in [0, 0.05) is 19.5 Å². The summed E-state index contributed by atoms with van der Waals surface area (Å²) in [7, 11) is 0. The normalized spacial score (nSPS) is 34.0. The summed E-state index contributed by atoms with van der Waals surface area (Å²) in [4.78, 5) is 14.4. The second-order valence-electron chi connectivity index (χ2n) is 8.08. The standard InChI is InChI=1S/C18H32N2O2/c1-13-4-6-20(7-5-13)12-17(21)11-19-18(22)10-16-9-14-2-3-15(16)8-14/h13-17,21H,2-12H2,1H3,(H,19,22). The zero-order valence-electron chi connectivity index (χ0n) is 14.0. The van der Waals surface area contributed by atoms with Crippen LogP contribution in [0.25, 0.3) is 0 Å². The first-order chi connectivity index (χ1) is 10.6. The molecule has 0 aromatic heterocycles. The molecule has 3 rings (SSSR count). The van der Waals surface area contributed by atoms with E-state index in [4.69, 9.17) is 0 Å². The van der Waals surface area contributed by atoms with Gasteiger partial charge >= 0.3 is 0 Å². The lowest BCUT2D eigenvalue weighted by Gasteiger charge is -2.31. The number of hydrogen-bond donors (Lipinski definition) is 2. The summed E-state index contributed by atoms with van der Waals surface area (Å²) in [6.07, 6.45) is 8.02. The highest BCUT2D eigenvalue weighted by Crippen LogP contribution is 2.49. The predicted octanol–water partition coefficient (Wildman–Crippen LogP) is 2.02. The van der Waals surface area contributed by atoms with E-state index in [1.165, 1.54) is 38.5 Å². The van der Waals surface area contributed by atoms with Crippen molar-refractivity contribution >= 4 is 5.91 Å². The minimum absolute atomic E-state index is 0.142. The lowest BCUT2D eigenvalue weighted by Crippen LogP contribution is -2.43. The van der Waals surface area contributed by atoms with Gasteiger partial charge in [0.25, 0.3) is 0 Å². The smallest absolute Gasteiger partial charge is 0.220 e. The van der Waals surface area contributed by atoms with Crippen molar-refractivity contribution in [3.8, 4) is 0 Å². The highest BCUT2D eigenvalue weighted by molar-refractivity contribution is 5.76. The van der Waals surface area contributed by atoms with Crippen molar-refractivity contribution < 1.29 is 9.90 Å². The number of aliphatic hydroxyl groups excluding tert-OH is 1. The fourth-order valence-electron chi connectivity index (χ4n) is 4.78. The molecule has 1 aliphatic heterocycles. The zero-order chi connectivity index (χ0) is 15.5. The summed E-state index contributed by atoms with van der Waals surface area (Å²) >= 11 is 0. The van der Waals surface area contributed by atoms with E-state index in [0.29, 0.717) is 25.4 Å². The van der Waals surface area contributed by atoms with Crippen LogP contribution in [0.5, 0.6) is 0 Å². The number of carbonyl (C=O) groups is 1. The Balaban J connectivity index is 1.31. The molecule has 126 valence electrons. The third-order valence-corrected chi connectivity index (χ3v) is 6.21. The zero-order valence-corrected chi connectivity index (χ0v) is 14.0. The molecule has 0 aromatic rings. The van der Waals surface area contributed by atoms with Gasteiger partial charge in [-0.2, -0.15) is 0 Å². The molecule has 0 radical (unpaired) electrons. The Bertz CT molecular complexity index is 379. The van der Waals surface area contributed by atoms with E-state index >= 15 is 0 Å². The molecule has 1 amide bonds. The van der Waals surface area contributed by atoms with Crippen molar-refractivity contribution in [1.29, 1.82) is 0 Å². The number of piperidine rings is 1. The number of carbonyl (C=O) groups excluding carboxylic acids is 1. The quantitative estimate of drug-likeness (QED) is 0.789. The average molecular weight is 308 g/mol. The van der Waals surface area contributed by atoms with E-state index in [1.54, 1.807) is 0 Å². The molecule has 2 bridgehead atoms. The number of rotatable bonds is 6. The number of fused-ring (bicyclic) bond motifs is 2. The Kier molecular flexibility index (Phi) is 5.40. The Morgan fingerprint density at radius 2 is 2.00 bits per heavy atom. The predicted molar refractivity (Wildman–Crippen MR) is 87.4 cm³/mol. The van der Waals surface area contributed by atoms with Gasteiger partial charge in [-0.05, 0) is 68.9 Å². The molecular weight excluding hydrogens is 276 g/mol. The molecule has 4 unspecified atom stereocenters. The van der Waals surface area contributed by atoms with Crippen molar-refractivity contribution in [3.63, 3.8) is 0 Å². The van der Waals surface area contributed by atoms with Gasteiger partial charge in [0.2, 0.25) is 5.91 Å². The van der Waals surface area contributed by atoms with Gasteiger partial charge in [0.1, 0.15) is 0 Å². The van der Waals surface area contributed by atoms with Crippen molar-refractivity contribution in [1.82, 2.24) is 10.2 Å². The first kappa shape index (κ1) is 16.3. The molecule has 3 fully saturated rings. The number of nitrogens with one attached hydrogen (secondary N) is 1. The Labute approximate surface area is 134 Å². The van der Waals surface area contributed by atoms with Gasteiger partial charge < -0.3 is 15.3 Å². The molecule has 4 heteroatoms. The van der Waals surface area contributed by atoms with Gasteiger partial charge in [-0.1, -0.05) is 13.3 Å².